The average Bonchev–Trinajstić information content (AvgIpc) is 2.96. The van der Waals surface area contributed by atoms with Crippen molar-refractivity contribution in [3.8, 4) is 51.6 Å². The summed E-state index contributed by atoms with van der Waals surface area (Å²) in [4.78, 5) is 26.0. The fourth-order valence-corrected chi connectivity index (χ4v) is 4.41. The molecule has 4 aromatic rings. The van der Waals surface area contributed by atoms with Crippen LogP contribution in [0.15, 0.2) is 57.7 Å². The molecule has 0 amide bonds. The van der Waals surface area contributed by atoms with E-state index in [-0.39, 0.29) is 28.2 Å². The maximum absolute atomic E-state index is 13.5. The van der Waals surface area contributed by atoms with Gasteiger partial charge in [0.25, 0.3) is 0 Å². The van der Waals surface area contributed by atoms with E-state index >= 15 is 0 Å². The van der Waals surface area contributed by atoms with Crippen LogP contribution in [0, 0.1) is 0 Å². The summed E-state index contributed by atoms with van der Waals surface area (Å²) in [5, 5.41) is 89.8. The first-order valence-corrected chi connectivity index (χ1v) is 12.5. The van der Waals surface area contributed by atoms with Gasteiger partial charge in [-0.3, -0.25) is 4.79 Å². The Morgan fingerprint density at radius 2 is 1.44 bits per heavy atom. The minimum absolute atomic E-state index is 0.122. The molecule has 1 aromatic heterocycles. The lowest BCUT2D eigenvalue weighted by atomic mass is 9.99. The van der Waals surface area contributed by atoms with E-state index in [4.69, 9.17) is 18.6 Å². The van der Waals surface area contributed by atoms with Gasteiger partial charge in [-0.1, -0.05) is 0 Å². The van der Waals surface area contributed by atoms with Crippen LogP contribution in [-0.4, -0.2) is 89.2 Å². The topological polar surface area (TPSA) is 257 Å². The highest BCUT2D eigenvalue weighted by molar-refractivity contribution is 5.91. The highest BCUT2D eigenvalue weighted by Gasteiger charge is 2.46. The summed E-state index contributed by atoms with van der Waals surface area (Å²) in [5.41, 5.74) is -1.43. The van der Waals surface area contributed by atoms with E-state index in [1.54, 1.807) is 0 Å². The number of hydrogen-bond donors (Lipinski definition) is 9. The van der Waals surface area contributed by atoms with Crippen molar-refractivity contribution >= 4 is 16.9 Å². The monoisotopic (exact) mass is 600 g/mol. The molecule has 226 valence electrons. The smallest absolute Gasteiger partial charge is 0.338 e. The van der Waals surface area contributed by atoms with Crippen LogP contribution in [0.3, 0.4) is 0 Å². The Balaban J connectivity index is 1.47. The molecule has 5 rings (SSSR count). The van der Waals surface area contributed by atoms with Crippen molar-refractivity contribution in [3.05, 3.63) is 64.3 Å². The van der Waals surface area contributed by atoms with Crippen molar-refractivity contribution in [1.82, 2.24) is 0 Å². The maximum Gasteiger partial charge on any atom is 0.338 e. The number of phenols is 6. The molecule has 43 heavy (non-hydrogen) atoms. The lowest BCUT2D eigenvalue weighted by Crippen LogP contribution is -2.60. The molecule has 0 spiro atoms. The van der Waals surface area contributed by atoms with Gasteiger partial charge >= 0.3 is 5.97 Å². The van der Waals surface area contributed by atoms with Gasteiger partial charge in [-0.15, -0.1) is 0 Å². The van der Waals surface area contributed by atoms with Gasteiger partial charge in [0.2, 0.25) is 17.5 Å². The molecule has 15 heteroatoms. The fraction of sp³-hybridized carbons (Fsp3) is 0.214. The lowest BCUT2D eigenvalue weighted by molar-refractivity contribution is -0.277. The second kappa shape index (κ2) is 11.2. The zero-order valence-corrected chi connectivity index (χ0v) is 21.7. The van der Waals surface area contributed by atoms with E-state index in [0.29, 0.717) is 0 Å². The molecule has 5 atom stereocenters. The largest absolute Gasteiger partial charge is 0.508 e. The zero-order valence-electron chi connectivity index (χ0n) is 21.7. The highest BCUT2D eigenvalue weighted by Crippen LogP contribution is 2.38. The molecule has 3 aromatic carbocycles. The summed E-state index contributed by atoms with van der Waals surface area (Å²) in [7, 11) is 0. The number of fused-ring (bicyclic) bond motifs is 1. The van der Waals surface area contributed by atoms with Gasteiger partial charge in [-0.05, 0) is 36.4 Å². The van der Waals surface area contributed by atoms with Gasteiger partial charge in [-0.2, -0.15) is 0 Å². The Labute approximate surface area is 239 Å². The summed E-state index contributed by atoms with van der Waals surface area (Å²) in [6.45, 7) is -0.761. The van der Waals surface area contributed by atoms with E-state index in [9.17, 15) is 55.5 Å². The quantitative estimate of drug-likeness (QED) is 0.109. The molecule has 1 fully saturated rings. The summed E-state index contributed by atoms with van der Waals surface area (Å²) in [5.74, 6) is -5.74. The van der Waals surface area contributed by atoms with Gasteiger partial charge in [0.15, 0.2) is 23.0 Å². The number of aliphatic hydroxyl groups excluding tert-OH is 3. The van der Waals surface area contributed by atoms with Crippen molar-refractivity contribution in [3.63, 3.8) is 0 Å². The highest BCUT2D eigenvalue weighted by atomic mass is 16.7. The van der Waals surface area contributed by atoms with Crippen molar-refractivity contribution in [1.29, 1.82) is 0 Å². The third-order valence-electron chi connectivity index (χ3n) is 6.63. The predicted octanol–water partition coefficient (Wildman–Crippen LogP) is 0.737. The molecule has 15 nitrogen and oxygen atoms in total. The average molecular weight is 600 g/mol. The Morgan fingerprint density at radius 1 is 0.791 bits per heavy atom. The molecule has 1 aliphatic rings. The number of phenolic OH excluding ortho intramolecular Hbond substituents is 6. The number of aromatic hydroxyl groups is 6. The van der Waals surface area contributed by atoms with Crippen LogP contribution < -0.4 is 10.2 Å². The number of carbonyl (C=O) groups excluding carboxylic acids is 1. The summed E-state index contributed by atoms with van der Waals surface area (Å²) < 4.78 is 22.0. The van der Waals surface area contributed by atoms with E-state index in [1.807, 2.05) is 0 Å². The summed E-state index contributed by atoms with van der Waals surface area (Å²) >= 11 is 0. The molecule has 1 aliphatic heterocycles. The molecule has 0 aliphatic carbocycles. The van der Waals surface area contributed by atoms with Crippen LogP contribution in [0.4, 0.5) is 0 Å². The van der Waals surface area contributed by atoms with Crippen LogP contribution in [0.2, 0.25) is 0 Å². The van der Waals surface area contributed by atoms with Crippen molar-refractivity contribution < 1.29 is 69.4 Å². The molecule has 1 saturated heterocycles. The first-order chi connectivity index (χ1) is 20.3. The number of rotatable bonds is 6. The van der Waals surface area contributed by atoms with E-state index in [1.165, 1.54) is 24.3 Å². The molecular formula is C28H24O15. The van der Waals surface area contributed by atoms with Crippen LogP contribution in [-0.2, 0) is 9.47 Å². The number of carbonyl (C=O) groups is 1. The molecular weight excluding hydrogens is 576 g/mol. The van der Waals surface area contributed by atoms with Gasteiger partial charge in [0.05, 0.1) is 5.56 Å². The molecule has 9 N–H and O–H groups in total. The van der Waals surface area contributed by atoms with Gasteiger partial charge in [0, 0.05) is 17.7 Å². The normalized spacial score (nSPS) is 21.9. The molecule has 0 bridgehead atoms. The zero-order chi connectivity index (χ0) is 31.2. The first kappa shape index (κ1) is 29.3. The van der Waals surface area contributed by atoms with Crippen LogP contribution in [0.1, 0.15) is 10.4 Å². The van der Waals surface area contributed by atoms with Crippen LogP contribution in [0.25, 0.3) is 22.3 Å². The predicted molar refractivity (Wildman–Crippen MR) is 142 cm³/mol. The van der Waals surface area contributed by atoms with Crippen LogP contribution in [0.5, 0.6) is 40.2 Å². The van der Waals surface area contributed by atoms with E-state index in [2.05, 4.69) is 0 Å². The van der Waals surface area contributed by atoms with Crippen molar-refractivity contribution in [2.75, 3.05) is 6.61 Å². The lowest BCUT2D eigenvalue weighted by Gasteiger charge is -2.39. The fourth-order valence-electron chi connectivity index (χ4n) is 4.41. The summed E-state index contributed by atoms with van der Waals surface area (Å²) in [6.07, 6.45) is -9.19. The summed E-state index contributed by atoms with van der Waals surface area (Å²) in [6, 6.07) is 8.81. The third-order valence-corrected chi connectivity index (χ3v) is 6.63. The Hall–Kier alpha value is -5.22. The van der Waals surface area contributed by atoms with E-state index in [0.717, 1.165) is 24.3 Å². The Kier molecular flexibility index (Phi) is 7.64. The number of esters is 1. The standard InChI is InChI=1S/C28H24O15/c29-12-3-1-10(2-4-12)25-26(22(36)19-14(31)7-13(30)8-17(19)41-25)43-28-24(38)23(37)21(35)18(42-28)9-40-27(39)11-5-15(32)20(34)16(33)6-11/h1-8,18,21,23-24,28-35,37-38H,9H2/t18-,21-,23+,24-,28?/m1/s1. The second-order valence-corrected chi connectivity index (χ2v) is 9.57. The van der Waals surface area contributed by atoms with Crippen LogP contribution >= 0.6 is 0 Å². The van der Waals surface area contributed by atoms with Gasteiger partial charge < -0.3 is 64.6 Å². The SMILES string of the molecule is O=C(OC[C@H]1OC(Oc2c(-c3ccc(O)cc3)oc3cc(O)cc(O)c3c2=O)[C@H](O)[C@@H](O)[C@@H]1O)c1cc(O)c(O)c(O)c1. The van der Waals surface area contributed by atoms with Gasteiger partial charge in [-0.25, -0.2) is 4.79 Å². The van der Waals surface area contributed by atoms with Gasteiger partial charge in [0.1, 0.15) is 59.2 Å². The third kappa shape index (κ3) is 5.52. The van der Waals surface area contributed by atoms with Crippen molar-refractivity contribution in [2.24, 2.45) is 0 Å². The molecule has 0 radical (unpaired) electrons. The number of benzene rings is 3. The minimum atomic E-state index is -1.97. The maximum atomic E-state index is 13.5. The first-order valence-electron chi connectivity index (χ1n) is 12.5. The van der Waals surface area contributed by atoms with Crippen molar-refractivity contribution in [2.45, 2.75) is 30.7 Å². The molecule has 1 unspecified atom stereocenters. The number of hydrogen-bond acceptors (Lipinski definition) is 15. The number of ether oxygens (including phenoxy) is 3. The molecule has 2 heterocycles. The minimum Gasteiger partial charge on any atom is -0.508 e. The number of aliphatic hydroxyl groups is 3. The van der Waals surface area contributed by atoms with E-state index < -0.39 is 88.6 Å². The Bertz CT molecular complexity index is 1720. The second-order valence-electron chi connectivity index (χ2n) is 9.57. The molecule has 0 saturated carbocycles. The Morgan fingerprint density at radius 3 is 2.09 bits per heavy atom.